The van der Waals surface area contributed by atoms with Crippen molar-refractivity contribution < 1.29 is 4.74 Å². The number of rotatable bonds is 10. The van der Waals surface area contributed by atoms with E-state index in [1.54, 1.807) is 7.11 Å². The summed E-state index contributed by atoms with van der Waals surface area (Å²) in [4.78, 5) is 0. The van der Waals surface area contributed by atoms with Crippen molar-refractivity contribution in [2.75, 3.05) is 12.4 Å². The van der Waals surface area contributed by atoms with Gasteiger partial charge < -0.3 is 4.74 Å². The average molecular weight is 313 g/mol. The molecule has 0 aliphatic rings. The molecule has 0 aliphatic carbocycles. The van der Waals surface area contributed by atoms with Gasteiger partial charge >= 0.3 is 0 Å². The van der Waals surface area contributed by atoms with Gasteiger partial charge in [0, 0.05) is 5.33 Å². The lowest BCUT2D eigenvalue weighted by atomic mass is 10.0. The van der Waals surface area contributed by atoms with Crippen LogP contribution in [0, 0.1) is 0 Å². The molecule has 0 saturated carbocycles. The minimum Gasteiger partial charge on any atom is -0.496 e. The van der Waals surface area contributed by atoms with E-state index in [0.29, 0.717) is 0 Å². The molecule has 0 atom stereocenters. The molecule has 0 spiro atoms. The van der Waals surface area contributed by atoms with Gasteiger partial charge in [-0.15, -0.1) is 0 Å². The topological polar surface area (TPSA) is 9.23 Å². The molecule has 1 aromatic rings. The average Bonchev–Trinajstić information content (AvgIpc) is 2.42. The fourth-order valence-corrected chi connectivity index (χ4v) is 2.60. The summed E-state index contributed by atoms with van der Waals surface area (Å²) in [6.07, 6.45) is 10.6. The number of alkyl halides is 1. The van der Waals surface area contributed by atoms with E-state index >= 15 is 0 Å². The van der Waals surface area contributed by atoms with Gasteiger partial charge in [0.15, 0.2) is 0 Å². The molecule has 0 amide bonds. The Hall–Kier alpha value is -0.500. The van der Waals surface area contributed by atoms with Crippen molar-refractivity contribution in [1.29, 1.82) is 0 Å². The van der Waals surface area contributed by atoms with Crippen molar-refractivity contribution in [1.82, 2.24) is 0 Å². The molecule has 0 aromatic heterocycles. The van der Waals surface area contributed by atoms with Gasteiger partial charge in [-0.2, -0.15) is 0 Å². The fraction of sp³-hybridized carbons (Fsp3) is 0.625. The third-order valence-corrected chi connectivity index (χ3v) is 3.83. The highest BCUT2D eigenvalue weighted by Crippen LogP contribution is 2.20. The van der Waals surface area contributed by atoms with E-state index in [1.165, 1.54) is 50.5 Å². The summed E-state index contributed by atoms with van der Waals surface area (Å²) in [5.74, 6) is 1.04. The van der Waals surface area contributed by atoms with Crippen LogP contribution in [0.4, 0.5) is 0 Å². The molecular weight excluding hydrogens is 288 g/mol. The molecule has 0 aliphatic heterocycles. The van der Waals surface area contributed by atoms with Gasteiger partial charge in [0.2, 0.25) is 0 Å². The Labute approximate surface area is 120 Å². The van der Waals surface area contributed by atoms with Crippen LogP contribution in [0.5, 0.6) is 5.75 Å². The van der Waals surface area contributed by atoms with Crippen molar-refractivity contribution >= 4 is 15.9 Å². The molecule has 0 heterocycles. The van der Waals surface area contributed by atoms with Crippen LogP contribution in [0.25, 0.3) is 0 Å². The molecule has 1 aromatic carbocycles. The molecule has 102 valence electrons. The van der Waals surface area contributed by atoms with Crippen LogP contribution in [0.15, 0.2) is 24.3 Å². The van der Waals surface area contributed by atoms with Gasteiger partial charge in [0.1, 0.15) is 5.75 Å². The van der Waals surface area contributed by atoms with Gasteiger partial charge in [-0.3, -0.25) is 0 Å². The quantitative estimate of drug-likeness (QED) is 0.417. The van der Waals surface area contributed by atoms with Crippen molar-refractivity contribution in [3.8, 4) is 5.75 Å². The number of aryl methyl sites for hydroxylation is 1. The lowest BCUT2D eigenvalue weighted by Gasteiger charge is -2.07. The summed E-state index contributed by atoms with van der Waals surface area (Å²) in [6.45, 7) is 0. The van der Waals surface area contributed by atoms with Crippen LogP contribution in [0.2, 0.25) is 0 Å². The second kappa shape index (κ2) is 10.4. The first-order chi connectivity index (χ1) is 8.88. The van der Waals surface area contributed by atoms with E-state index in [2.05, 4.69) is 34.1 Å². The Kier molecular flexibility index (Phi) is 9.01. The summed E-state index contributed by atoms with van der Waals surface area (Å²) >= 11 is 3.47. The second-order valence-corrected chi connectivity index (χ2v) is 5.52. The lowest BCUT2D eigenvalue weighted by molar-refractivity contribution is 0.408. The number of hydrogen-bond acceptors (Lipinski definition) is 1. The highest BCUT2D eigenvalue weighted by molar-refractivity contribution is 9.09. The van der Waals surface area contributed by atoms with E-state index < -0.39 is 0 Å². The zero-order valence-corrected chi connectivity index (χ0v) is 13.0. The molecule has 18 heavy (non-hydrogen) atoms. The van der Waals surface area contributed by atoms with Crippen LogP contribution in [-0.2, 0) is 6.42 Å². The maximum absolute atomic E-state index is 5.36. The summed E-state index contributed by atoms with van der Waals surface area (Å²) in [5.41, 5.74) is 1.35. The van der Waals surface area contributed by atoms with Crippen molar-refractivity contribution in [2.24, 2.45) is 0 Å². The number of unbranched alkanes of at least 4 members (excludes halogenated alkanes) is 6. The predicted molar refractivity (Wildman–Crippen MR) is 82.8 cm³/mol. The van der Waals surface area contributed by atoms with E-state index in [-0.39, 0.29) is 0 Å². The van der Waals surface area contributed by atoms with Crippen LogP contribution in [0.3, 0.4) is 0 Å². The minimum atomic E-state index is 1.04. The Morgan fingerprint density at radius 1 is 0.889 bits per heavy atom. The van der Waals surface area contributed by atoms with Gasteiger partial charge in [-0.1, -0.05) is 66.2 Å². The van der Waals surface area contributed by atoms with Crippen molar-refractivity contribution in [2.45, 2.75) is 51.4 Å². The standard InChI is InChI=1S/C16H25BrO/c1-18-16-13-9-8-12-15(16)11-7-5-3-2-4-6-10-14-17/h8-9,12-13H,2-7,10-11,14H2,1H3. The van der Waals surface area contributed by atoms with E-state index in [9.17, 15) is 0 Å². The van der Waals surface area contributed by atoms with Crippen LogP contribution in [-0.4, -0.2) is 12.4 Å². The summed E-state index contributed by atoms with van der Waals surface area (Å²) in [6, 6.07) is 8.36. The van der Waals surface area contributed by atoms with Gasteiger partial charge in [0.05, 0.1) is 7.11 Å². The molecule has 1 nitrogen and oxygen atoms in total. The van der Waals surface area contributed by atoms with Gasteiger partial charge in [0.25, 0.3) is 0 Å². The Morgan fingerprint density at radius 3 is 2.17 bits per heavy atom. The monoisotopic (exact) mass is 312 g/mol. The smallest absolute Gasteiger partial charge is 0.122 e. The number of para-hydroxylation sites is 1. The molecule has 0 fully saturated rings. The fourth-order valence-electron chi connectivity index (χ4n) is 2.20. The first-order valence-corrected chi connectivity index (χ1v) is 8.18. The molecule has 2 heteroatoms. The SMILES string of the molecule is COc1ccccc1CCCCCCCCCBr. The molecule has 0 N–H and O–H groups in total. The molecule has 0 radical (unpaired) electrons. The van der Waals surface area contributed by atoms with Crippen LogP contribution < -0.4 is 4.74 Å². The van der Waals surface area contributed by atoms with Crippen LogP contribution >= 0.6 is 15.9 Å². The number of halogens is 1. The maximum Gasteiger partial charge on any atom is 0.122 e. The number of benzene rings is 1. The normalized spacial score (nSPS) is 10.6. The third kappa shape index (κ3) is 6.44. The van der Waals surface area contributed by atoms with Crippen molar-refractivity contribution in [3.05, 3.63) is 29.8 Å². The zero-order valence-electron chi connectivity index (χ0n) is 11.5. The third-order valence-electron chi connectivity index (χ3n) is 3.27. The highest BCUT2D eigenvalue weighted by atomic mass is 79.9. The predicted octanol–water partition coefficient (Wildman–Crippen LogP) is 5.36. The Morgan fingerprint density at radius 2 is 1.50 bits per heavy atom. The van der Waals surface area contributed by atoms with Gasteiger partial charge in [-0.05, 0) is 30.9 Å². The number of ether oxygens (including phenoxy) is 1. The largest absolute Gasteiger partial charge is 0.496 e. The molecule has 0 bridgehead atoms. The minimum absolute atomic E-state index is 1.04. The summed E-state index contributed by atoms with van der Waals surface area (Å²) < 4.78 is 5.36. The Bertz CT molecular complexity index is 312. The lowest BCUT2D eigenvalue weighted by Crippen LogP contribution is -1.92. The van der Waals surface area contributed by atoms with Crippen LogP contribution in [0.1, 0.15) is 50.5 Å². The highest BCUT2D eigenvalue weighted by Gasteiger charge is 2.00. The molecular formula is C16H25BrO. The van der Waals surface area contributed by atoms with Crippen molar-refractivity contribution in [3.63, 3.8) is 0 Å². The van der Waals surface area contributed by atoms with E-state index in [4.69, 9.17) is 4.74 Å². The van der Waals surface area contributed by atoms with E-state index in [1.807, 2.05) is 6.07 Å². The second-order valence-electron chi connectivity index (χ2n) is 4.73. The number of hydrogen-bond donors (Lipinski definition) is 0. The summed E-state index contributed by atoms with van der Waals surface area (Å²) in [7, 11) is 1.75. The first-order valence-electron chi connectivity index (χ1n) is 7.06. The Balaban J connectivity index is 2.07. The molecule has 0 saturated heterocycles. The molecule has 1 rings (SSSR count). The first kappa shape index (κ1) is 15.6. The molecule has 0 unspecified atom stereocenters. The number of methoxy groups -OCH3 is 1. The zero-order chi connectivity index (χ0) is 13.1. The van der Waals surface area contributed by atoms with Gasteiger partial charge in [-0.25, -0.2) is 0 Å². The van der Waals surface area contributed by atoms with E-state index in [0.717, 1.165) is 17.5 Å². The maximum atomic E-state index is 5.36. The summed E-state index contributed by atoms with van der Waals surface area (Å²) in [5, 5.41) is 1.15.